The first-order valence-corrected chi connectivity index (χ1v) is 7.68. The SMILES string of the molecule is CCOC(=O)/C(=N/Nc1ccccc1Cl)N1CCN(C)CC1. The molecule has 1 aromatic carbocycles. The van der Waals surface area contributed by atoms with E-state index in [-0.39, 0.29) is 5.84 Å². The van der Waals surface area contributed by atoms with E-state index in [9.17, 15) is 4.79 Å². The lowest BCUT2D eigenvalue weighted by atomic mass is 10.3. The van der Waals surface area contributed by atoms with Gasteiger partial charge in [-0.3, -0.25) is 5.43 Å². The van der Waals surface area contributed by atoms with Gasteiger partial charge in [0.1, 0.15) is 0 Å². The highest BCUT2D eigenvalue weighted by molar-refractivity contribution is 6.35. The quantitative estimate of drug-likeness (QED) is 0.398. The second kappa shape index (κ2) is 8.00. The lowest BCUT2D eigenvalue weighted by Gasteiger charge is -2.33. The number of halogens is 1. The molecule has 1 aliphatic rings. The Morgan fingerprint density at radius 2 is 2.00 bits per heavy atom. The summed E-state index contributed by atoms with van der Waals surface area (Å²) in [5, 5.41) is 4.79. The fourth-order valence-electron chi connectivity index (χ4n) is 2.12. The van der Waals surface area contributed by atoms with Gasteiger partial charge in [-0.25, -0.2) is 4.79 Å². The maximum Gasteiger partial charge on any atom is 0.375 e. The molecule has 0 radical (unpaired) electrons. The van der Waals surface area contributed by atoms with Gasteiger partial charge in [0.25, 0.3) is 0 Å². The fraction of sp³-hybridized carbons (Fsp3) is 0.467. The zero-order valence-corrected chi connectivity index (χ0v) is 13.6. The summed E-state index contributed by atoms with van der Waals surface area (Å²) in [5.41, 5.74) is 3.51. The van der Waals surface area contributed by atoms with Gasteiger partial charge in [0.2, 0.25) is 5.84 Å². The molecule has 0 unspecified atom stereocenters. The minimum atomic E-state index is -0.424. The van der Waals surface area contributed by atoms with Gasteiger partial charge >= 0.3 is 5.97 Å². The van der Waals surface area contributed by atoms with E-state index in [0.717, 1.165) is 26.2 Å². The minimum absolute atomic E-state index is 0.287. The number of hydrogen-bond acceptors (Lipinski definition) is 5. The molecule has 0 spiro atoms. The largest absolute Gasteiger partial charge is 0.460 e. The fourth-order valence-corrected chi connectivity index (χ4v) is 2.30. The summed E-state index contributed by atoms with van der Waals surface area (Å²) >= 11 is 6.09. The van der Waals surface area contributed by atoms with Crippen molar-refractivity contribution in [1.82, 2.24) is 9.80 Å². The molecule has 120 valence electrons. The molecule has 0 saturated carbocycles. The Morgan fingerprint density at radius 3 is 2.64 bits per heavy atom. The first-order chi connectivity index (χ1) is 10.6. The first-order valence-electron chi connectivity index (χ1n) is 7.30. The molecular weight excluding hydrogens is 304 g/mol. The number of nitrogens with zero attached hydrogens (tertiary/aromatic N) is 3. The summed E-state index contributed by atoms with van der Waals surface area (Å²) in [6.45, 7) is 5.32. The Labute approximate surface area is 135 Å². The molecule has 22 heavy (non-hydrogen) atoms. The maximum absolute atomic E-state index is 12.1. The van der Waals surface area contributed by atoms with Gasteiger partial charge in [-0.1, -0.05) is 23.7 Å². The third-order valence-electron chi connectivity index (χ3n) is 3.42. The number of amidine groups is 1. The topological polar surface area (TPSA) is 57.2 Å². The molecule has 0 aromatic heterocycles. The average molecular weight is 325 g/mol. The average Bonchev–Trinajstić information content (AvgIpc) is 2.51. The van der Waals surface area contributed by atoms with Gasteiger partial charge in [-0.15, -0.1) is 5.10 Å². The molecule has 1 heterocycles. The van der Waals surface area contributed by atoms with Crippen molar-refractivity contribution in [1.29, 1.82) is 0 Å². The summed E-state index contributed by atoms with van der Waals surface area (Å²) in [6.07, 6.45) is 0. The molecule has 0 amide bonds. The van der Waals surface area contributed by atoms with Crippen LogP contribution in [0.1, 0.15) is 6.92 Å². The molecule has 6 nitrogen and oxygen atoms in total. The first kappa shape index (κ1) is 16.6. The highest BCUT2D eigenvalue weighted by atomic mass is 35.5. The van der Waals surface area contributed by atoms with E-state index in [2.05, 4.69) is 22.5 Å². The van der Waals surface area contributed by atoms with Crippen molar-refractivity contribution in [3.63, 3.8) is 0 Å². The van der Waals surface area contributed by atoms with Gasteiger partial charge in [-0.05, 0) is 26.1 Å². The normalized spacial score (nSPS) is 16.5. The van der Waals surface area contributed by atoms with Crippen molar-refractivity contribution >= 4 is 29.1 Å². The van der Waals surface area contributed by atoms with E-state index in [4.69, 9.17) is 16.3 Å². The molecule has 1 N–H and O–H groups in total. The van der Waals surface area contributed by atoms with Crippen molar-refractivity contribution in [2.45, 2.75) is 6.92 Å². The minimum Gasteiger partial charge on any atom is -0.460 e. The molecule has 0 atom stereocenters. The van der Waals surface area contributed by atoms with Crippen LogP contribution in [-0.2, 0) is 9.53 Å². The van der Waals surface area contributed by atoms with Crippen LogP contribution in [0.15, 0.2) is 29.4 Å². The number of hydrogen-bond donors (Lipinski definition) is 1. The van der Waals surface area contributed by atoms with E-state index in [1.165, 1.54) is 0 Å². The molecule has 1 saturated heterocycles. The van der Waals surface area contributed by atoms with Crippen LogP contribution in [0.2, 0.25) is 5.02 Å². The summed E-state index contributed by atoms with van der Waals surface area (Å²) in [7, 11) is 2.06. The molecule has 0 bridgehead atoms. The summed E-state index contributed by atoms with van der Waals surface area (Å²) in [4.78, 5) is 16.3. The van der Waals surface area contributed by atoms with Gasteiger partial charge in [0, 0.05) is 26.2 Å². The Morgan fingerprint density at radius 1 is 1.32 bits per heavy atom. The Kier molecular flexibility index (Phi) is 6.03. The maximum atomic E-state index is 12.1. The molecule has 7 heteroatoms. The van der Waals surface area contributed by atoms with Crippen LogP contribution in [-0.4, -0.2) is 61.4 Å². The van der Waals surface area contributed by atoms with E-state index < -0.39 is 5.97 Å². The van der Waals surface area contributed by atoms with Gasteiger partial charge in [-0.2, -0.15) is 0 Å². The zero-order chi connectivity index (χ0) is 15.9. The van der Waals surface area contributed by atoms with Crippen LogP contribution in [0.4, 0.5) is 5.69 Å². The summed E-state index contributed by atoms with van der Waals surface area (Å²) in [5.74, 6) is -0.138. The highest BCUT2D eigenvalue weighted by Gasteiger charge is 2.24. The molecule has 1 aliphatic heterocycles. The van der Waals surface area contributed by atoms with Crippen LogP contribution >= 0.6 is 11.6 Å². The number of likely N-dealkylation sites (N-methyl/N-ethyl adjacent to an activating group) is 1. The van der Waals surface area contributed by atoms with Crippen molar-refractivity contribution in [3.05, 3.63) is 29.3 Å². The number of piperazine rings is 1. The van der Waals surface area contributed by atoms with Crippen LogP contribution in [0.25, 0.3) is 0 Å². The number of carbonyl (C=O) groups is 1. The number of rotatable bonds is 3. The van der Waals surface area contributed by atoms with Crippen LogP contribution in [0, 0.1) is 0 Å². The monoisotopic (exact) mass is 324 g/mol. The van der Waals surface area contributed by atoms with Crippen molar-refractivity contribution < 1.29 is 9.53 Å². The number of nitrogens with one attached hydrogen (secondary N) is 1. The second-order valence-electron chi connectivity index (χ2n) is 5.04. The predicted octanol–water partition coefficient (Wildman–Crippen LogP) is 1.88. The Hall–Kier alpha value is -1.79. The Bertz CT molecular complexity index is 542. The molecule has 1 fully saturated rings. The van der Waals surface area contributed by atoms with Crippen molar-refractivity contribution in [2.75, 3.05) is 45.3 Å². The standard InChI is InChI=1S/C15H21ClN4O2/c1-3-22-15(21)14(20-10-8-19(2)9-11-20)18-17-13-7-5-4-6-12(13)16/h4-7,17H,3,8-11H2,1-2H3/b18-14-. The molecule has 1 aromatic rings. The number of anilines is 1. The number of carbonyl (C=O) groups excluding carboxylic acids is 1. The van der Waals surface area contributed by atoms with Gasteiger partial charge in [0.05, 0.1) is 17.3 Å². The van der Waals surface area contributed by atoms with Crippen molar-refractivity contribution in [2.24, 2.45) is 5.10 Å². The van der Waals surface area contributed by atoms with Crippen LogP contribution < -0.4 is 5.43 Å². The molecule has 0 aliphatic carbocycles. The van der Waals surface area contributed by atoms with E-state index >= 15 is 0 Å². The Balaban J connectivity index is 2.15. The second-order valence-corrected chi connectivity index (χ2v) is 5.45. The van der Waals surface area contributed by atoms with Gasteiger partial charge < -0.3 is 14.5 Å². The number of esters is 1. The van der Waals surface area contributed by atoms with Crippen molar-refractivity contribution in [3.8, 4) is 0 Å². The predicted molar refractivity (Wildman–Crippen MR) is 88.2 cm³/mol. The summed E-state index contributed by atoms with van der Waals surface area (Å²) in [6, 6.07) is 7.26. The number of hydrazone groups is 1. The number of para-hydroxylation sites is 1. The van der Waals surface area contributed by atoms with Gasteiger partial charge in [0.15, 0.2) is 0 Å². The van der Waals surface area contributed by atoms with Crippen LogP contribution in [0.5, 0.6) is 0 Å². The number of ether oxygens (including phenoxy) is 1. The lowest BCUT2D eigenvalue weighted by Crippen LogP contribution is -2.50. The lowest BCUT2D eigenvalue weighted by molar-refractivity contribution is -0.136. The summed E-state index contributed by atoms with van der Waals surface area (Å²) < 4.78 is 5.10. The third kappa shape index (κ3) is 4.35. The smallest absolute Gasteiger partial charge is 0.375 e. The number of benzene rings is 1. The third-order valence-corrected chi connectivity index (χ3v) is 3.75. The zero-order valence-electron chi connectivity index (χ0n) is 12.9. The van der Waals surface area contributed by atoms with E-state index in [1.807, 2.05) is 17.0 Å². The molecule has 2 rings (SSSR count). The van der Waals surface area contributed by atoms with E-state index in [1.54, 1.807) is 19.1 Å². The van der Waals surface area contributed by atoms with E-state index in [0.29, 0.717) is 17.3 Å². The molecular formula is C15H21ClN4O2. The highest BCUT2D eigenvalue weighted by Crippen LogP contribution is 2.20. The van der Waals surface area contributed by atoms with Crippen LogP contribution in [0.3, 0.4) is 0 Å².